The van der Waals surface area contributed by atoms with E-state index in [1.54, 1.807) is 4.31 Å². The fraction of sp³-hybridized carbons (Fsp3) is 0.625. The number of hydrogen-bond donors (Lipinski definition) is 1. The van der Waals surface area contributed by atoms with Crippen molar-refractivity contribution in [2.75, 3.05) is 19.6 Å². The van der Waals surface area contributed by atoms with E-state index in [-0.39, 0.29) is 11.9 Å². The highest BCUT2D eigenvalue weighted by molar-refractivity contribution is 7.86. The Bertz CT molecular complexity index is 674. The molecule has 1 unspecified atom stereocenters. The minimum Gasteiger partial charge on any atom is -0.351 e. The minimum atomic E-state index is -3.48. The van der Waals surface area contributed by atoms with E-state index in [0.717, 1.165) is 24.2 Å². The second-order valence-electron chi connectivity index (χ2n) is 5.82. The topological polar surface area (TPSA) is 82.6 Å². The van der Waals surface area contributed by atoms with Gasteiger partial charge >= 0.3 is 0 Å². The highest BCUT2D eigenvalue weighted by atomic mass is 32.2. The van der Waals surface area contributed by atoms with E-state index < -0.39 is 10.2 Å². The molecule has 1 saturated heterocycles. The molecule has 134 valence electrons. The number of hydrogen-bond acceptors (Lipinski definition) is 4. The van der Waals surface area contributed by atoms with Crippen molar-refractivity contribution in [2.45, 2.75) is 46.2 Å². The van der Waals surface area contributed by atoms with E-state index in [0.29, 0.717) is 26.2 Å². The van der Waals surface area contributed by atoms with E-state index in [9.17, 15) is 13.2 Å². The number of aromatic nitrogens is 1. The Hall–Kier alpha value is -1.51. The summed E-state index contributed by atoms with van der Waals surface area (Å²) in [6.07, 6.45) is 1.58. The van der Waals surface area contributed by atoms with Crippen molar-refractivity contribution < 1.29 is 13.2 Å². The zero-order valence-electron chi connectivity index (χ0n) is 14.5. The SMILES string of the molecule is CCN(CC)S(=O)(=O)N1CCCC1c1cccc(CNC(C)=O)n1. The molecule has 1 N–H and O–H groups in total. The number of carbonyl (C=O) groups excluding carboxylic acids is 1. The Morgan fingerprint density at radius 1 is 1.38 bits per heavy atom. The maximum absolute atomic E-state index is 12.8. The van der Waals surface area contributed by atoms with Crippen LogP contribution in [0.4, 0.5) is 0 Å². The fourth-order valence-electron chi connectivity index (χ4n) is 3.01. The second kappa shape index (κ2) is 8.04. The lowest BCUT2D eigenvalue weighted by atomic mass is 10.1. The van der Waals surface area contributed by atoms with Crippen molar-refractivity contribution in [1.82, 2.24) is 18.9 Å². The summed E-state index contributed by atoms with van der Waals surface area (Å²) in [4.78, 5) is 15.6. The number of rotatable bonds is 7. The summed E-state index contributed by atoms with van der Waals surface area (Å²) in [5, 5.41) is 2.72. The van der Waals surface area contributed by atoms with E-state index in [1.807, 2.05) is 32.0 Å². The molecule has 2 rings (SSSR count). The minimum absolute atomic E-state index is 0.117. The van der Waals surface area contributed by atoms with E-state index in [1.165, 1.54) is 11.2 Å². The van der Waals surface area contributed by atoms with Crippen molar-refractivity contribution in [3.05, 3.63) is 29.6 Å². The number of pyridine rings is 1. The molecule has 1 aliphatic rings. The maximum Gasteiger partial charge on any atom is 0.282 e. The van der Waals surface area contributed by atoms with Crippen LogP contribution in [0.5, 0.6) is 0 Å². The van der Waals surface area contributed by atoms with Gasteiger partial charge in [-0.05, 0) is 25.0 Å². The molecule has 0 spiro atoms. The van der Waals surface area contributed by atoms with Crippen LogP contribution in [0.2, 0.25) is 0 Å². The highest BCUT2D eigenvalue weighted by Gasteiger charge is 2.38. The molecule has 0 bridgehead atoms. The number of nitrogens with one attached hydrogen (secondary N) is 1. The van der Waals surface area contributed by atoms with Crippen LogP contribution < -0.4 is 5.32 Å². The lowest BCUT2D eigenvalue weighted by molar-refractivity contribution is -0.119. The third-order valence-corrected chi connectivity index (χ3v) is 6.42. The first-order valence-electron chi connectivity index (χ1n) is 8.37. The normalized spacial score (nSPS) is 18.9. The monoisotopic (exact) mass is 354 g/mol. The van der Waals surface area contributed by atoms with Crippen molar-refractivity contribution in [2.24, 2.45) is 0 Å². The molecule has 2 heterocycles. The van der Waals surface area contributed by atoms with Gasteiger partial charge in [0.05, 0.1) is 24.0 Å². The predicted molar refractivity (Wildman–Crippen MR) is 92.3 cm³/mol. The highest BCUT2D eigenvalue weighted by Crippen LogP contribution is 2.34. The average Bonchev–Trinajstić information content (AvgIpc) is 3.04. The lowest BCUT2D eigenvalue weighted by Gasteiger charge is -2.29. The summed E-state index contributed by atoms with van der Waals surface area (Å²) >= 11 is 0. The Morgan fingerprint density at radius 2 is 2.08 bits per heavy atom. The Kier molecular flexibility index (Phi) is 6.31. The number of carbonyl (C=O) groups is 1. The zero-order chi connectivity index (χ0) is 17.7. The van der Waals surface area contributed by atoms with Crippen LogP contribution in [-0.4, -0.2) is 47.6 Å². The Labute approximate surface area is 144 Å². The molecule has 1 amide bonds. The first-order chi connectivity index (χ1) is 11.4. The molecule has 1 aromatic rings. The molecule has 1 fully saturated rings. The van der Waals surface area contributed by atoms with Crippen LogP contribution in [-0.2, 0) is 21.5 Å². The molecule has 1 atom stereocenters. The third kappa shape index (κ3) is 4.12. The van der Waals surface area contributed by atoms with Gasteiger partial charge in [-0.15, -0.1) is 0 Å². The van der Waals surface area contributed by atoms with Crippen LogP contribution in [0.3, 0.4) is 0 Å². The molecule has 1 aliphatic heterocycles. The molecular weight excluding hydrogens is 328 g/mol. The zero-order valence-corrected chi connectivity index (χ0v) is 15.3. The molecule has 24 heavy (non-hydrogen) atoms. The van der Waals surface area contributed by atoms with E-state index in [4.69, 9.17) is 0 Å². The summed E-state index contributed by atoms with van der Waals surface area (Å²) in [5.41, 5.74) is 1.47. The molecule has 0 saturated carbocycles. The molecule has 8 heteroatoms. The molecule has 1 aromatic heterocycles. The summed E-state index contributed by atoms with van der Waals surface area (Å²) in [6, 6.07) is 5.31. The van der Waals surface area contributed by atoms with Gasteiger partial charge in [-0.1, -0.05) is 19.9 Å². The first-order valence-corrected chi connectivity index (χ1v) is 9.77. The Balaban J connectivity index is 2.24. The van der Waals surface area contributed by atoms with Gasteiger partial charge < -0.3 is 5.32 Å². The smallest absolute Gasteiger partial charge is 0.282 e. The lowest BCUT2D eigenvalue weighted by Crippen LogP contribution is -2.43. The van der Waals surface area contributed by atoms with Crippen molar-refractivity contribution in [1.29, 1.82) is 0 Å². The van der Waals surface area contributed by atoms with E-state index in [2.05, 4.69) is 10.3 Å². The fourth-order valence-corrected chi connectivity index (χ4v) is 4.85. The standard InChI is InChI=1S/C16H26N4O3S/c1-4-19(5-2)24(22,23)20-11-7-10-16(20)15-9-6-8-14(18-15)12-17-13(3)21/h6,8-9,16H,4-5,7,10-12H2,1-3H3,(H,17,21). The van der Waals surface area contributed by atoms with Gasteiger partial charge in [-0.2, -0.15) is 17.0 Å². The van der Waals surface area contributed by atoms with Gasteiger partial charge in [0.2, 0.25) is 5.91 Å². The van der Waals surface area contributed by atoms with Crippen LogP contribution in [0.25, 0.3) is 0 Å². The predicted octanol–water partition coefficient (Wildman–Crippen LogP) is 1.44. The number of amides is 1. The molecule has 0 aromatic carbocycles. The summed E-state index contributed by atoms with van der Waals surface area (Å²) < 4.78 is 28.7. The first kappa shape index (κ1) is 18.8. The second-order valence-corrected chi connectivity index (χ2v) is 7.71. The van der Waals surface area contributed by atoms with Gasteiger partial charge in [0, 0.05) is 26.6 Å². The van der Waals surface area contributed by atoms with Crippen LogP contribution in [0.1, 0.15) is 51.0 Å². The molecule has 0 aliphatic carbocycles. The van der Waals surface area contributed by atoms with Gasteiger partial charge in [-0.3, -0.25) is 9.78 Å². The summed E-state index contributed by atoms with van der Waals surface area (Å²) in [7, 11) is -3.48. The van der Waals surface area contributed by atoms with Gasteiger partial charge in [0.25, 0.3) is 10.2 Å². The Morgan fingerprint density at radius 3 is 2.71 bits per heavy atom. The van der Waals surface area contributed by atoms with Gasteiger partial charge in [0.15, 0.2) is 0 Å². The molecule has 7 nitrogen and oxygen atoms in total. The van der Waals surface area contributed by atoms with Gasteiger partial charge in [0.1, 0.15) is 0 Å². The van der Waals surface area contributed by atoms with E-state index >= 15 is 0 Å². The van der Waals surface area contributed by atoms with Crippen molar-refractivity contribution >= 4 is 16.1 Å². The van der Waals surface area contributed by atoms with Crippen LogP contribution >= 0.6 is 0 Å². The van der Waals surface area contributed by atoms with Crippen LogP contribution in [0, 0.1) is 0 Å². The molecule has 0 radical (unpaired) electrons. The number of nitrogens with zero attached hydrogens (tertiary/aromatic N) is 3. The summed E-state index contributed by atoms with van der Waals surface area (Å²) in [5.74, 6) is -0.117. The molecular formula is C16H26N4O3S. The van der Waals surface area contributed by atoms with Gasteiger partial charge in [-0.25, -0.2) is 0 Å². The van der Waals surface area contributed by atoms with Crippen molar-refractivity contribution in [3.8, 4) is 0 Å². The largest absolute Gasteiger partial charge is 0.351 e. The summed E-state index contributed by atoms with van der Waals surface area (Å²) in [6.45, 7) is 6.92. The quantitative estimate of drug-likeness (QED) is 0.803. The average molecular weight is 354 g/mol. The van der Waals surface area contributed by atoms with Crippen molar-refractivity contribution in [3.63, 3.8) is 0 Å². The maximum atomic E-state index is 12.8. The third-order valence-electron chi connectivity index (χ3n) is 4.22. The van der Waals surface area contributed by atoms with Crippen LogP contribution in [0.15, 0.2) is 18.2 Å².